The molecule has 0 fully saturated rings. The highest BCUT2D eigenvalue weighted by Crippen LogP contribution is 2.21. The molecule has 0 radical (unpaired) electrons. The van der Waals surface area contributed by atoms with Crippen molar-refractivity contribution in [1.29, 1.82) is 5.26 Å². The summed E-state index contributed by atoms with van der Waals surface area (Å²) in [6.07, 6.45) is -3.43. The molecule has 0 heterocycles. The number of halogens is 1. The van der Waals surface area contributed by atoms with Gasteiger partial charge >= 0.3 is 5.97 Å². The van der Waals surface area contributed by atoms with Crippen molar-refractivity contribution in [2.24, 2.45) is 0 Å². The van der Waals surface area contributed by atoms with Gasteiger partial charge in [0.05, 0.1) is 25.0 Å². The first kappa shape index (κ1) is 14.1. The SMILES string of the molecule is N#CCC(O)C(O)c1ccc(F)c(CC(=O)O)c1. The Bertz CT molecular complexity index is 483. The van der Waals surface area contributed by atoms with Gasteiger partial charge in [0.2, 0.25) is 0 Å². The smallest absolute Gasteiger partial charge is 0.307 e. The van der Waals surface area contributed by atoms with Crippen LogP contribution < -0.4 is 0 Å². The molecular weight excluding hydrogens is 241 g/mol. The summed E-state index contributed by atoms with van der Waals surface area (Å²) in [5.74, 6) is -1.89. The minimum Gasteiger partial charge on any atom is -0.481 e. The van der Waals surface area contributed by atoms with Crippen molar-refractivity contribution in [1.82, 2.24) is 0 Å². The van der Waals surface area contributed by atoms with Gasteiger partial charge < -0.3 is 15.3 Å². The second-order valence-electron chi connectivity index (χ2n) is 3.80. The molecule has 3 N–H and O–H groups in total. The second-order valence-corrected chi connectivity index (χ2v) is 3.80. The van der Waals surface area contributed by atoms with Gasteiger partial charge in [0, 0.05) is 0 Å². The Hall–Kier alpha value is -1.97. The van der Waals surface area contributed by atoms with Crippen LogP contribution in [0.5, 0.6) is 0 Å². The molecule has 2 atom stereocenters. The number of benzene rings is 1. The van der Waals surface area contributed by atoms with E-state index in [1.165, 1.54) is 12.1 Å². The summed E-state index contributed by atoms with van der Waals surface area (Å²) in [6, 6.07) is 5.14. The van der Waals surface area contributed by atoms with Crippen molar-refractivity contribution >= 4 is 5.97 Å². The average molecular weight is 253 g/mol. The molecule has 0 aromatic heterocycles. The van der Waals surface area contributed by atoms with E-state index in [9.17, 15) is 19.4 Å². The zero-order valence-corrected chi connectivity index (χ0v) is 9.38. The number of nitrogens with zero attached hydrogens (tertiary/aromatic N) is 1. The van der Waals surface area contributed by atoms with Crippen LogP contribution in [0.1, 0.15) is 23.7 Å². The summed E-state index contributed by atoms with van der Waals surface area (Å²) in [7, 11) is 0. The third-order valence-electron chi connectivity index (χ3n) is 2.42. The lowest BCUT2D eigenvalue weighted by atomic mass is 9.99. The summed E-state index contributed by atoms with van der Waals surface area (Å²) in [4.78, 5) is 10.5. The highest BCUT2D eigenvalue weighted by atomic mass is 19.1. The zero-order valence-electron chi connectivity index (χ0n) is 9.38. The molecule has 0 bridgehead atoms. The van der Waals surface area contributed by atoms with Gasteiger partial charge in [-0.05, 0) is 23.3 Å². The lowest BCUT2D eigenvalue weighted by Gasteiger charge is -2.16. The lowest BCUT2D eigenvalue weighted by molar-refractivity contribution is -0.136. The molecule has 0 spiro atoms. The van der Waals surface area contributed by atoms with Gasteiger partial charge in [-0.25, -0.2) is 4.39 Å². The molecule has 0 aliphatic carbocycles. The van der Waals surface area contributed by atoms with Crippen LogP contribution in [0.15, 0.2) is 18.2 Å². The quantitative estimate of drug-likeness (QED) is 0.719. The molecule has 1 rings (SSSR count). The summed E-state index contributed by atoms with van der Waals surface area (Å²) in [5, 5.41) is 36.1. The van der Waals surface area contributed by atoms with E-state index in [1.807, 2.05) is 0 Å². The number of hydrogen-bond acceptors (Lipinski definition) is 4. The number of carboxylic acids is 1. The molecule has 1 aromatic rings. The Labute approximate surface area is 103 Å². The lowest BCUT2D eigenvalue weighted by Crippen LogP contribution is -2.18. The summed E-state index contributed by atoms with van der Waals surface area (Å²) in [5.41, 5.74) is 0.0959. The van der Waals surface area contributed by atoms with E-state index >= 15 is 0 Å². The highest BCUT2D eigenvalue weighted by Gasteiger charge is 2.19. The molecule has 0 amide bonds. The molecule has 6 heteroatoms. The van der Waals surface area contributed by atoms with E-state index in [1.54, 1.807) is 6.07 Å². The van der Waals surface area contributed by atoms with E-state index in [2.05, 4.69) is 0 Å². The van der Waals surface area contributed by atoms with E-state index < -0.39 is 30.4 Å². The molecule has 5 nitrogen and oxygen atoms in total. The van der Waals surface area contributed by atoms with E-state index in [-0.39, 0.29) is 17.5 Å². The molecule has 2 unspecified atom stereocenters. The van der Waals surface area contributed by atoms with E-state index in [0.717, 1.165) is 6.07 Å². The van der Waals surface area contributed by atoms with Crippen molar-refractivity contribution in [3.63, 3.8) is 0 Å². The molecule has 0 aliphatic heterocycles. The Balaban J connectivity index is 2.97. The molecule has 96 valence electrons. The number of hydrogen-bond donors (Lipinski definition) is 3. The number of aliphatic hydroxyl groups excluding tert-OH is 2. The second kappa shape index (κ2) is 6.10. The summed E-state index contributed by atoms with van der Waals surface area (Å²) >= 11 is 0. The first-order chi connectivity index (χ1) is 8.45. The van der Waals surface area contributed by atoms with Gasteiger partial charge in [-0.15, -0.1) is 0 Å². The van der Waals surface area contributed by atoms with Gasteiger partial charge in [-0.1, -0.05) is 6.07 Å². The number of aliphatic carboxylic acids is 1. The Morgan fingerprint density at radius 2 is 2.11 bits per heavy atom. The topological polar surface area (TPSA) is 102 Å². The average Bonchev–Trinajstić information content (AvgIpc) is 2.31. The Kier molecular flexibility index (Phi) is 4.77. The van der Waals surface area contributed by atoms with Crippen LogP contribution in [0.25, 0.3) is 0 Å². The van der Waals surface area contributed by atoms with Gasteiger partial charge in [0.15, 0.2) is 0 Å². The number of carboxylic acid groups (broad SMARTS) is 1. The van der Waals surface area contributed by atoms with Crippen LogP contribution in [0.3, 0.4) is 0 Å². The number of aliphatic hydroxyl groups is 2. The summed E-state index contributed by atoms with van der Waals surface area (Å²) in [6.45, 7) is 0. The fourth-order valence-electron chi connectivity index (χ4n) is 1.50. The third kappa shape index (κ3) is 3.52. The highest BCUT2D eigenvalue weighted by molar-refractivity contribution is 5.70. The normalized spacial score (nSPS) is 13.7. The van der Waals surface area contributed by atoms with Crippen LogP contribution in [-0.2, 0) is 11.2 Å². The van der Waals surface area contributed by atoms with Gasteiger partial charge in [-0.3, -0.25) is 4.79 Å². The Morgan fingerprint density at radius 3 is 2.67 bits per heavy atom. The van der Waals surface area contributed by atoms with Gasteiger partial charge in [-0.2, -0.15) is 5.26 Å². The van der Waals surface area contributed by atoms with Crippen molar-refractivity contribution < 1.29 is 24.5 Å². The van der Waals surface area contributed by atoms with Crippen LogP contribution in [0, 0.1) is 17.1 Å². The maximum absolute atomic E-state index is 13.3. The maximum atomic E-state index is 13.3. The van der Waals surface area contributed by atoms with Gasteiger partial charge in [0.1, 0.15) is 11.9 Å². The minimum atomic E-state index is -1.35. The first-order valence-electron chi connectivity index (χ1n) is 5.19. The molecule has 0 saturated carbocycles. The number of rotatable bonds is 5. The fourth-order valence-corrected chi connectivity index (χ4v) is 1.50. The van der Waals surface area contributed by atoms with E-state index in [0.29, 0.717) is 0 Å². The van der Waals surface area contributed by atoms with Crippen LogP contribution in [0.2, 0.25) is 0 Å². The first-order valence-corrected chi connectivity index (χ1v) is 5.19. The zero-order chi connectivity index (χ0) is 13.7. The fraction of sp³-hybridized carbons (Fsp3) is 0.333. The van der Waals surface area contributed by atoms with Crippen LogP contribution >= 0.6 is 0 Å². The maximum Gasteiger partial charge on any atom is 0.307 e. The molecule has 18 heavy (non-hydrogen) atoms. The standard InChI is InChI=1S/C12H12FNO4/c13-9-2-1-7(5-8(9)6-11(16)17)12(18)10(15)3-4-14/h1-2,5,10,12,15,18H,3,6H2,(H,16,17). The predicted octanol–water partition coefficient (Wildman–Crippen LogP) is 0.761. The number of nitriles is 1. The molecular formula is C12H12FNO4. The Morgan fingerprint density at radius 1 is 1.44 bits per heavy atom. The molecule has 0 saturated heterocycles. The number of carbonyl (C=O) groups is 1. The van der Waals surface area contributed by atoms with Crippen molar-refractivity contribution in [2.45, 2.75) is 25.0 Å². The van der Waals surface area contributed by atoms with Crippen molar-refractivity contribution in [3.8, 4) is 6.07 Å². The molecule has 1 aromatic carbocycles. The summed E-state index contributed by atoms with van der Waals surface area (Å²) < 4.78 is 13.3. The van der Waals surface area contributed by atoms with Crippen molar-refractivity contribution in [2.75, 3.05) is 0 Å². The molecule has 0 aliphatic rings. The van der Waals surface area contributed by atoms with Crippen LogP contribution in [0.4, 0.5) is 4.39 Å². The monoisotopic (exact) mass is 253 g/mol. The third-order valence-corrected chi connectivity index (χ3v) is 2.42. The largest absolute Gasteiger partial charge is 0.481 e. The predicted molar refractivity (Wildman–Crippen MR) is 58.9 cm³/mol. The minimum absolute atomic E-state index is 0.0804. The van der Waals surface area contributed by atoms with Crippen LogP contribution in [-0.4, -0.2) is 27.4 Å². The van der Waals surface area contributed by atoms with Gasteiger partial charge in [0.25, 0.3) is 0 Å². The van der Waals surface area contributed by atoms with Crippen molar-refractivity contribution in [3.05, 3.63) is 35.1 Å². The van der Waals surface area contributed by atoms with E-state index in [4.69, 9.17) is 10.4 Å².